The maximum atomic E-state index is 9.24. The molecule has 13 heavy (non-hydrogen) atoms. The lowest BCUT2D eigenvalue weighted by Crippen LogP contribution is -2.31. The Bertz CT molecular complexity index is 328. The van der Waals surface area contributed by atoms with Gasteiger partial charge in [-0.3, -0.25) is 5.41 Å². The van der Waals surface area contributed by atoms with Gasteiger partial charge in [-0.15, -0.1) is 0 Å². The van der Waals surface area contributed by atoms with Crippen molar-refractivity contribution < 1.29 is 5.21 Å². The maximum absolute atomic E-state index is 9.24. The number of anilines is 1. The molecule has 0 fully saturated rings. The first-order valence-corrected chi connectivity index (χ1v) is 4.41. The maximum Gasteiger partial charge on any atom is 0.184 e. The van der Waals surface area contributed by atoms with Crippen molar-refractivity contribution in [3.05, 3.63) is 23.8 Å². The third kappa shape index (κ3) is 1.83. The first-order chi connectivity index (χ1) is 6.20. The van der Waals surface area contributed by atoms with Crippen LogP contribution >= 0.6 is 0 Å². The molecule has 0 radical (unpaired) electrons. The molecule has 0 unspecified atom stereocenters. The van der Waals surface area contributed by atoms with Crippen molar-refractivity contribution in [1.29, 1.82) is 5.41 Å². The van der Waals surface area contributed by atoms with Crippen LogP contribution < -0.4 is 10.4 Å². The topological polar surface area (TPSA) is 52.2 Å². The molecular weight excluding hydrogens is 166 g/mol. The predicted octanol–water partition coefficient (Wildman–Crippen LogP) is 1.05. The van der Waals surface area contributed by atoms with Crippen molar-refractivity contribution in [3.63, 3.8) is 0 Å². The van der Waals surface area contributed by atoms with Gasteiger partial charge in [0.2, 0.25) is 0 Å². The molecule has 0 aliphatic carbocycles. The van der Waals surface area contributed by atoms with Gasteiger partial charge in [0.1, 0.15) is 0 Å². The molecule has 0 saturated carbocycles. The molecule has 4 heteroatoms. The van der Waals surface area contributed by atoms with E-state index in [9.17, 15) is 5.21 Å². The van der Waals surface area contributed by atoms with Gasteiger partial charge in [-0.25, -0.2) is 0 Å². The first kappa shape index (κ1) is 9.64. The quantitative estimate of drug-likeness (QED) is 0.685. The average molecular weight is 181 g/mol. The van der Waals surface area contributed by atoms with Crippen molar-refractivity contribution >= 4 is 5.69 Å². The molecular formula is C9H15N3O. The molecule has 72 valence electrons. The smallest absolute Gasteiger partial charge is 0.184 e. The van der Waals surface area contributed by atoms with Gasteiger partial charge in [0, 0.05) is 19.3 Å². The number of hydrogen-bond acceptors (Lipinski definition) is 3. The van der Waals surface area contributed by atoms with Crippen LogP contribution in [0.5, 0.6) is 0 Å². The number of pyridine rings is 1. The monoisotopic (exact) mass is 181 g/mol. The predicted molar refractivity (Wildman–Crippen MR) is 51.0 cm³/mol. The second-order valence-electron chi connectivity index (χ2n) is 2.76. The summed E-state index contributed by atoms with van der Waals surface area (Å²) in [6.07, 6.45) is 1.45. The molecule has 0 aliphatic heterocycles. The van der Waals surface area contributed by atoms with Gasteiger partial charge in [-0.1, -0.05) is 0 Å². The normalized spacial score (nSPS) is 10.0. The van der Waals surface area contributed by atoms with Crippen molar-refractivity contribution in [2.24, 2.45) is 0 Å². The SMILES string of the molecule is CCN(CC)c1cccn(O)c1=N. The van der Waals surface area contributed by atoms with Crippen LogP contribution in [-0.4, -0.2) is 23.0 Å². The van der Waals surface area contributed by atoms with Gasteiger partial charge in [0.15, 0.2) is 5.49 Å². The molecule has 0 spiro atoms. The van der Waals surface area contributed by atoms with E-state index < -0.39 is 0 Å². The second-order valence-corrected chi connectivity index (χ2v) is 2.76. The van der Waals surface area contributed by atoms with Crippen LogP contribution in [0, 0.1) is 5.41 Å². The lowest BCUT2D eigenvalue weighted by molar-refractivity contribution is 0.171. The Morgan fingerprint density at radius 2 is 2.08 bits per heavy atom. The minimum Gasteiger partial charge on any atom is -0.427 e. The fourth-order valence-electron chi connectivity index (χ4n) is 1.31. The minimum absolute atomic E-state index is 0.131. The molecule has 0 bridgehead atoms. The molecule has 0 aliphatic rings. The minimum atomic E-state index is 0.131. The first-order valence-electron chi connectivity index (χ1n) is 4.41. The Morgan fingerprint density at radius 3 is 2.62 bits per heavy atom. The Hall–Kier alpha value is -1.45. The van der Waals surface area contributed by atoms with E-state index in [1.165, 1.54) is 6.20 Å². The van der Waals surface area contributed by atoms with Gasteiger partial charge in [-0.2, -0.15) is 4.73 Å². The zero-order valence-corrected chi connectivity index (χ0v) is 7.99. The van der Waals surface area contributed by atoms with E-state index in [2.05, 4.69) is 0 Å². The van der Waals surface area contributed by atoms with Gasteiger partial charge in [0.05, 0.1) is 5.69 Å². The van der Waals surface area contributed by atoms with Crippen molar-refractivity contribution in [1.82, 2.24) is 4.73 Å². The Balaban J connectivity index is 3.14. The summed E-state index contributed by atoms with van der Waals surface area (Å²) in [5.74, 6) is 0. The summed E-state index contributed by atoms with van der Waals surface area (Å²) in [7, 11) is 0. The van der Waals surface area contributed by atoms with E-state index in [1.54, 1.807) is 6.07 Å². The molecule has 0 aromatic carbocycles. The van der Waals surface area contributed by atoms with Crippen molar-refractivity contribution in [2.75, 3.05) is 18.0 Å². The highest BCUT2D eigenvalue weighted by Crippen LogP contribution is 2.05. The highest BCUT2D eigenvalue weighted by molar-refractivity contribution is 5.42. The fraction of sp³-hybridized carbons (Fsp3) is 0.444. The van der Waals surface area contributed by atoms with Gasteiger partial charge < -0.3 is 10.1 Å². The molecule has 1 aromatic rings. The molecule has 1 rings (SSSR count). The third-order valence-corrected chi connectivity index (χ3v) is 2.06. The molecule has 1 aromatic heterocycles. The van der Waals surface area contributed by atoms with Crippen LogP contribution in [0.1, 0.15) is 13.8 Å². The Labute approximate surface area is 77.5 Å². The van der Waals surface area contributed by atoms with Crippen LogP contribution in [-0.2, 0) is 0 Å². The number of hydrogen-bond donors (Lipinski definition) is 2. The average Bonchev–Trinajstić information content (AvgIpc) is 2.14. The number of aromatic nitrogens is 1. The summed E-state index contributed by atoms with van der Waals surface area (Å²) in [6, 6.07) is 3.56. The molecule has 4 nitrogen and oxygen atoms in total. The molecule has 2 N–H and O–H groups in total. The van der Waals surface area contributed by atoms with E-state index in [1.807, 2.05) is 24.8 Å². The van der Waals surface area contributed by atoms with Gasteiger partial charge >= 0.3 is 0 Å². The van der Waals surface area contributed by atoms with E-state index in [-0.39, 0.29) is 5.49 Å². The van der Waals surface area contributed by atoms with E-state index >= 15 is 0 Å². The van der Waals surface area contributed by atoms with E-state index in [0.29, 0.717) is 0 Å². The van der Waals surface area contributed by atoms with Gasteiger partial charge in [-0.05, 0) is 26.0 Å². The zero-order chi connectivity index (χ0) is 9.84. The standard InChI is InChI=1S/C9H15N3O/c1-3-11(4-2)8-6-5-7-12(13)9(8)10/h5-7,10,13H,3-4H2,1-2H3. The molecule has 0 saturated heterocycles. The second kappa shape index (κ2) is 3.98. The Morgan fingerprint density at radius 1 is 1.46 bits per heavy atom. The van der Waals surface area contributed by atoms with Crippen LogP contribution in [0.2, 0.25) is 0 Å². The summed E-state index contributed by atoms with van der Waals surface area (Å²) in [4.78, 5) is 2.02. The number of nitrogens with zero attached hydrogens (tertiary/aromatic N) is 2. The van der Waals surface area contributed by atoms with Crippen LogP contribution in [0.3, 0.4) is 0 Å². The van der Waals surface area contributed by atoms with Crippen molar-refractivity contribution in [3.8, 4) is 0 Å². The largest absolute Gasteiger partial charge is 0.427 e. The third-order valence-electron chi connectivity index (χ3n) is 2.06. The number of rotatable bonds is 3. The summed E-state index contributed by atoms with van der Waals surface area (Å²) < 4.78 is 0.827. The summed E-state index contributed by atoms with van der Waals surface area (Å²) in [5.41, 5.74) is 0.890. The van der Waals surface area contributed by atoms with E-state index in [0.717, 1.165) is 23.5 Å². The number of nitrogens with one attached hydrogen (secondary N) is 1. The van der Waals surface area contributed by atoms with Crippen LogP contribution in [0.4, 0.5) is 5.69 Å². The summed E-state index contributed by atoms with van der Waals surface area (Å²) in [6.45, 7) is 5.73. The molecule has 0 atom stereocenters. The Kier molecular flexibility index (Phi) is 2.95. The lowest BCUT2D eigenvalue weighted by Gasteiger charge is -2.20. The summed E-state index contributed by atoms with van der Waals surface area (Å²) in [5, 5.41) is 16.8. The highest BCUT2D eigenvalue weighted by atomic mass is 16.5. The van der Waals surface area contributed by atoms with Crippen molar-refractivity contribution in [2.45, 2.75) is 13.8 Å². The highest BCUT2D eigenvalue weighted by Gasteiger charge is 2.04. The van der Waals surface area contributed by atoms with E-state index in [4.69, 9.17) is 5.41 Å². The van der Waals surface area contributed by atoms with Crippen LogP contribution in [0.15, 0.2) is 18.3 Å². The van der Waals surface area contributed by atoms with Gasteiger partial charge in [0.25, 0.3) is 0 Å². The molecule has 1 heterocycles. The molecule has 0 amide bonds. The van der Waals surface area contributed by atoms with Crippen LogP contribution in [0.25, 0.3) is 0 Å². The zero-order valence-electron chi connectivity index (χ0n) is 7.99. The lowest BCUT2D eigenvalue weighted by atomic mass is 10.3. The summed E-state index contributed by atoms with van der Waals surface area (Å²) >= 11 is 0. The fourth-order valence-corrected chi connectivity index (χ4v) is 1.31.